The van der Waals surface area contributed by atoms with Crippen LogP contribution in [0.2, 0.25) is 0 Å². The minimum absolute atomic E-state index is 0.109. The van der Waals surface area contributed by atoms with Gasteiger partial charge in [-0.15, -0.1) is 0 Å². The van der Waals surface area contributed by atoms with Gasteiger partial charge in [0.2, 0.25) is 21.8 Å². The highest BCUT2D eigenvalue weighted by Gasteiger charge is 2.33. The van der Waals surface area contributed by atoms with Gasteiger partial charge in [0.15, 0.2) is 0 Å². The number of anilines is 1. The van der Waals surface area contributed by atoms with Crippen molar-refractivity contribution in [1.82, 2.24) is 10.2 Å². The molecule has 2 aromatic rings. The first kappa shape index (κ1) is 29.5. The van der Waals surface area contributed by atoms with E-state index in [1.807, 2.05) is 43.3 Å². The van der Waals surface area contributed by atoms with Crippen LogP contribution in [0.15, 0.2) is 48.5 Å². The maximum atomic E-state index is 13.9. The van der Waals surface area contributed by atoms with Crippen molar-refractivity contribution in [2.45, 2.75) is 77.4 Å². The number of hydrogen-bond donors (Lipinski definition) is 1. The van der Waals surface area contributed by atoms with Crippen LogP contribution in [0, 0.1) is 0 Å². The molecule has 2 aromatic carbocycles. The number of ether oxygens (including phenoxy) is 1. The molecule has 38 heavy (non-hydrogen) atoms. The first-order chi connectivity index (χ1) is 18.0. The number of carbonyl (C=O) groups excluding carboxylic acids is 2. The summed E-state index contributed by atoms with van der Waals surface area (Å²) in [6.45, 7) is 5.73. The number of sulfonamides is 1. The number of benzene rings is 2. The Labute approximate surface area is 227 Å². The molecule has 1 fully saturated rings. The highest BCUT2D eigenvalue weighted by Crippen LogP contribution is 2.24. The summed E-state index contributed by atoms with van der Waals surface area (Å²) in [4.78, 5) is 28.7. The second kappa shape index (κ2) is 13.1. The Kier molecular flexibility index (Phi) is 10.2. The molecule has 0 unspecified atom stereocenters. The van der Waals surface area contributed by atoms with Gasteiger partial charge in [-0.2, -0.15) is 0 Å². The van der Waals surface area contributed by atoms with Crippen molar-refractivity contribution in [3.63, 3.8) is 0 Å². The molecule has 0 spiro atoms. The standard InChI is InChI=1S/C29H41N3O5S/c1-6-27(29(34)30-24-11-7-8-12-24)31(19-22-10-9-13-26(18-22)37-4)28(33)20-32(38(5,35)36)25-16-14-23(15-17-25)21(2)3/h9-10,13-18,21,24,27H,6-8,11-12,19-20H2,1-5H3,(H,30,34)/t27-/m0/s1. The maximum absolute atomic E-state index is 13.9. The average Bonchev–Trinajstić information content (AvgIpc) is 3.39. The molecule has 208 valence electrons. The monoisotopic (exact) mass is 543 g/mol. The zero-order chi connectivity index (χ0) is 27.9. The third kappa shape index (κ3) is 7.72. The van der Waals surface area contributed by atoms with E-state index < -0.39 is 28.5 Å². The molecule has 3 rings (SSSR count). The fraction of sp³-hybridized carbons (Fsp3) is 0.517. The Morgan fingerprint density at radius 3 is 2.29 bits per heavy atom. The molecule has 1 aliphatic carbocycles. The van der Waals surface area contributed by atoms with Crippen molar-refractivity contribution in [2.75, 3.05) is 24.2 Å². The molecule has 1 N–H and O–H groups in total. The first-order valence-electron chi connectivity index (χ1n) is 13.3. The lowest BCUT2D eigenvalue weighted by Crippen LogP contribution is -2.53. The summed E-state index contributed by atoms with van der Waals surface area (Å²) >= 11 is 0. The van der Waals surface area contributed by atoms with E-state index in [1.165, 1.54) is 4.90 Å². The van der Waals surface area contributed by atoms with Gasteiger partial charge in [0.1, 0.15) is 18.3 Å². The summed E-state index contributed by atoms with van der Waals surface area (Å²) in [7, 11) is -2.20. The van der Waals surface area contributed by atoms with E-state index in [4.69, 9.17) is 4.74 Å². The van der Waals surface area contributed by atoms with Crippen molar-refractivity contribution in [3.05, 3.63) is 59.7 Å². The van der Waals surface area contributed by atoms with Gasteiger partial charge < -0.3 is 15.0 Å². The Bertz CT molecular complexity index is 1190. The summed E-state index contributed by atoms with van der Waals surface area (Å²) in [6, 6.07) is 13.9. The van der Waals surface area contributed by atoms with Gasteiger partial charge in [0.05, 0.1) is 19.1 Å². The summed E-state index contributed by atoms with van der Waals surface area (Å²) in [5.41, 5.74) is 2.27. The van der Waals surface area contributed by atoms with E-state index in [0.29, 0.717) is 23.8 Å². The summed E-state index contributed by atoms with van der Waals surface area (Å²) in [5.74, 6) is 0.281. The smallest absolute Gasteiger partial charge is 0.244 e. The van der Waals surface area contributed by atoms with Crippen LogP contribution >= 0.6 is 0 Å². The zero-order valence-corrected chi connectivity index (χ0v) is 24.0. The molecule has 0 aliphatic heterocycles. The largest absolute Gasteiger partial charge is 0.497 e. The van der Waals surface area contributed by atoms with E-state index in [0.717, 1.165) is 47.4 Å². The lowest BCUT2D eigenvalue weighted by Gasteiger charge is -2.33. The first-order valence-corrected chi connectivity index (χ1v) is 15.2. The van der Waals surface area contributed by atoms with E-state index in [9.17, 15) is 18.0 Å². The predicted molar refractivity (Wildman–Crippen MR) is 151 cm³/mol. The minimum Gasteiger partial charge on any atom is -0.497 e. The van der Waals surface area contributed by atoms with Crippen LogP contribution in [0.5, 0.6) is 5.75 Å². The van der Waals surface area contributed by atoms with Crippen LogP contribution < -0.4 is 14.4 Å². The molecule has 0 saturated heterocycles. The third-order valence-corrected chi connectivity index (χ3v) is 8.24. The van der Waals surface area contributed by atoms with Crippen LogP contribution in [-0.2, 0) is 26.2 Å². The second-order valence-electron chi connectivity index (χ2n) is 10.3. The van der Waals surface area contributed by atoms with Crippen LogP contribution in [0.3, 0.4) is 0 Å². The molecule has 2 amide bonds. The molecule has 8 nitrogen and oxygen atoms in total. The summed E-state index contributed by atoms with van der Waals surface area (Å²) in [6.07, 6.45) is 5.50. The average molecular weight is 544 g/mol. The van der Waals surface area contributed by atoms with Crippen LogP contribution in [0.1, 0.15) is 69.9 Å². The van der Waals surface area contributed by atoms with Crippen molar-refractivity contribution >= 4 is 27.5 Å². The molecule has 0 aromatic heterocycles. The topological polar surface area (TPSA) is 96.0 Å². The Morgan fingerprint density at radius 1 is 1.08 bits per heavy atom. The minimum atomic E-state index is -3.77. The molecule has 9 heteroatoms. The lowest BCUT2D eigenvalue weighted by molar-refractivity contribution is -0.140. The highest BCUT2D eigenvalue weighted by molar-refractivity contribution is 7.92. The van der Waals surface area contributed by atoms with Crippen molar-refractivity contribution < 1.29 is 22.7 Å². The SMILES string of the molecule is CC[C@@H](C(=O)NC1CCCC1)N(Cc1cccc(OC)c1)C(=O)CN(c1ccc(C(C)C)cc1)S(C)(=O)=O. The van der Waals surface area contributed by atoms with Crippen LogP contribution in [0.4, 0.5) is 5.69 Å². The molecular formula is C29H41N3O5S. The van der Waals surface area contributed by atoms with E-state index in [1.54, 1.807) is 19.2 Å². The van der Waals surface area contributed by atoms with E-state index in [2.05, 4.69) is 19.2 Å². The maximum Gasteiger partial charge on any atom is 0.244 e. The number of amides is 2. The quantitative estimate of drug-likeness (QED) is 0.427. The molecule has 0 bridgehead atoms. The molecule has 1 atom stereocenters. The van der Waals surface area contributed by atoms with E-state index >= 15 is 0 Å². The third-order valence-electron chi connectivity index (χ3n) is 7.10. The number of hydrogen-bond acceptors (Lipinski definition) is 5. The van der Waals surface area contributed by atoms with Gasteiger partial charge in [-0.3, -0.25) is 13.9 Å². The van der Waals surface area contributed by atoms with Crippen molar-refractivity contribution in [3.8, 4) is 5.75 Å². The van der Waals surface area contributed by atoms with Gasteiger partial charge in [0, 0.05) is 12.6 Å². The van der Waals surface area contributed by atoms with E-state index in [-0.39, 0.29) is 18.5 Å². The van der Waals surface area contributed by atoms with Crippen molar-refractivity contribution in [2.24, 2.45) is 0 Å². The zero-order valence-electron chi connectivity index (χ0n) is 23.1. The number of nitrogens with one attached hydrogen (secondary N) is 1. The normalized spacial score (nSPS) is 14.8. The number of nitrogens with zero attached hydrogens (tertiary/aromatic N) is 2. The Balaban J connectivity index is 1.93. The molecular weight excluding hydrogens is 502 g/mol. The molecule has 0 heterocycles. The predicted octanol–water partition coefficient (Wildman–Crippen LogP) is 4.45. The van der Waals surface area contributed by atoms with Gasteiger partial charge in [-0.1, -0.05) is 57.9 Å². The second-order valence-corrected chi connectivity index (χ2v) is 12.2. The Hall–Kier alpha value is -3.07. The van der Waals surface area contributed by atoms with Gasteiger partial charge in [0.25, 0.3) is 0 Å². The van der Waals surface area contributed by atoms with Gasteiger partial charge in [-0.25, -0.2) is 8.42 Å². The number of methoxy groups -OCH3 is 1. The number of rotatable bonds is 12. The lowest BCUT2D eigenvalue weighted by atomic mass is 10.0. The molecule has 0 radical (unpaired) electrons. The number of carbonyl (C=O) groups is 2. The highest BCUT2D eigenvalue weighted by atomic mass is 32.2. The van der Waals surface area contributed by atoms with Crippen LogP contribution in [0.25, 0.3) is 0 Å². The summed E-state index contributed by atoms with van der Waals surface area (Å²) < 4.78 is 32.1. The Morgan fingerprint density at radius 2 is 1.74 bits per heavy atom. The van der Waals surface area contributed by atoms with Gasteiger partial charge >= 0.3 is 0 Å². The van der Waals surface area contributed by atoms with Crippen molar-refractivity contribution in [1.29, 1.82) is 0 Å². The molecule has 1 saturated carbocycles. The fourth-order valence-electron chi connectivity index (χ4n) is 4.89. The van der Waals surface area contributed by atoms with Gasteiger partial charge in [-0.05, 0) is 60.6 Å². The van der Waals surface area contributed by atoms with Crippen LogP contribution in [-0.4, -0.2) is 57.1 Å². The summed E-state index contributed by atoms with van der Waals surface area (Å²) in [5, 5.41) is 3.12. The molecule has 1 aliphatic rings. The fourth-order valence-corrected chi connectivity index (χ4v) is 5.74.